The van der Waals surface area contributed by atoms with Crippen LogP contribution >= 0.6 is 0 Å². The van der Waals surface area contributed by atoms with Gasteiger partial charge in [-0.25, -0.2) is 0 Å². The molecule has 1 aliphatic carbocycles. The predicted molar refractivity (Wildman–Crippen MR) is 111 cm³/mol. The summed E-state index contributed by atoms with van der Waals surface area (Å²) >= 11 is 0. The Labute approximate surface area is 168 Å². The number of benzene rings is 1. The average Bonchev–Trinajstić information content (AvgIpc) is 3.40. The molecule has 0 radical (unpaired) electrons. The van der Waals surface area contributed by atoms with Crippen molar-refractivity contribution in [2.45, 2.75) is 19.3 Å². The molecule has 2 aliphatic rings. The first-order valence-electron chi connectivity index (χ1n) is 9.65. The maximum atomic E-state index is 12.6. The molecule has 2 aromatic rings. The third-order valence-corrected chi connectivity index (χ3v) is 5.24. The van der Waals surface area contributed by atoms with Gasteiger partial charge in [-0.1, -0.05) is 12.1 Å². The summed E-state index contributed by atoms with van der Waals surface area (Å²) in [6, 6.07) is 8.67. The third kappa shape index (κ3) is 4.18. The first-order valence-corrected chi connectivity index (χ1v) is 9.65. The Balaban J connectivity index is 1.43. The van der Waals surface area contributed by atoms with Crippen molar-refractivity contribution < 1.29 is 14.4 Å². The fourth-order valence-electron chi connectivity index (χ4n) is 3.51. The number of hydrogen-bond donors (Lipinski definition) is 2. The van der Waals surface area contributed by atoms with Crippen LogP contribution in [-0.4, -0.2) is 29.3 Å². The van der Waals surface area contributed by atoms with Crippen molar-refractivity contribution in [1.29, 1.82) is 0 Å². The molecule has 1 aromatic carbocycles. The molecule has 1 saturated carbocycles. The van der Waals surface area contributed by atoms with E-state index in [9.17, 15) is 14.4 Å². The molecule has 1 aromatic heterocycles. The molecule has 2 atom stereocenters. The Bertz CT molecular complexity index is 988. The van der Waals surface area contributed by atoms with Gasteiger partial charge in [-0.2, -0.15) is 0 Å². The minimum atomic E-state index is -0.330. The molecule has 1 aliphatic heterocycles. The van der Waals surface area contributed by atoms with E-state index in [1.165, 1.54) is 6.20 Å². The minimum absolute atomic E-state index is 0.0205. The van der Waals surface area contributed by atoms with E-state index >= 15 is 0 Å². The van der Waals surface area contributed by atoms with E-state index in [1.807, 2.05) is 0 Å². The zero-order valence-electron chi connectivity index (χ0n) is 15.9. The number of carbonyl (C=O) groups is 3. The van der Waals surface area contributed by atoms with Crippen molar-refractivity contribution in [2.24, 2.45) is 11.8 Å². The summed E-state index contributed by atoms with van der Waals surface area (Å²) in [5, 5.41) is 5.69. The van der Waals surface area contributed by atoms with Gasteiger partial charge in [-0.15, -0.1) is 6.58 Å². The van der Waals surface area contributed by atoms with Gasteiger partial charge < -0.3 is 15.5 Å². The number of nitrogens with zero attached hydrogens (tertiary/aromatic N) is 2. The molecule has 0 unspecified atom stereocenters. The molecule has 2 heterocycles. The average molecular weight is 390 g/mol. The second-order valence-corrected chi connectivity index (χ2v) is 7.35. The van der Waals surface area contributed by atoms with Gasteiger partial charge in [0.2, 0.25) is 11.8 Å². The Morgan fingerprint density at radius 3 is 2.66 bits per heavy atom. The molecule has 0 spiro atoms. The Morgan fingerprint density at radius 2 is 1.97 bits per heavy atom. The second kappa shape index (κ2) is 7.87. The van der Waals surface area contributed by atoms with E-state index in [0.717, 1.165) is 12.8 Å². The molecule has 2 N–H and O–H groups in total. The molecule has 7 nitrogen and oxygen atoms in total. The van der Waals surface area contributed by atoms with E-state index in [0.29, 0.717) is 35.6 Å². The number of anilines is 3. The van der Waals surface area contributed by atoms with Crippen molar-refractivity contribution in [3.63, 3.8) is 0 Å². The molecule has 7 heteroatoms. The van der Waals surface area contributed by atoms with Crippen LogP contribution in [0.5, 0.6) is 0 Å². The van der Waals surface area contributed by atoms with Crippen LogP contribution in [0.3, 0.4) is 0 Å². The van der Waals surface area contributed by atoms with E-state index in [-0.39, 0.29) is 29.6 Å². The maximum absolute atomic E-state index is 12.6. The zero-order valence-corrected chi connectivity index (χ0v) is 15.9. The highest BCUT2D eigenvalue weighted by atomic mass is 16.2. The minimum Gasteiger partial charge on any atom is -0.326 e. The number of nitrogens with one attached hydrogen (secondary N) is 2. The van der Waals surface area contributed by atoms with Crippen molar-refractivity contribution in [3.8, 4) is 0 Å². The van der Waals surface area contributed by atoms with Gasteiger partial charge in [0, 0.05) is 36.5 Å². The van der Waals surface area contributed by atoms with Crippen LogP contribution in [-0.2, 0) is 9.59 Å². The van der Waals surface area contributed by atoms with Gasteiger partial charge in [-0.3, -0.25) is 19.4 Å². The number of aromatic nitrogens is 1. The largest absolute Gasteiger partial charge is 0.326 e. The van der Waals surface area contributed by atoms with Gasteiger partial charge in [0.1, 0.15) is 0 Å². The van der Waals surface area contributed by atoms with Gasteiger partial charge in [0.15, 0.2) is 0 Å². The molecule has 29 heavy (non-hydrogen) atoms. The SMILES string of the molecule is C=C[C@@H]1C[C@H]1C(=O)Nc1cccc(NC(=O)c2cncc(N3CCCC3=O)c2)c1. The highest BCUT2D eigenvalue weighted by Gasteiger charge is 2.40. The van der Waals surface area contributed by atoms with Gasteiger partial charge in [-0.05, 0) is 43.0 Å². The number of rotatable bonds is 6. The highest BCUT2D eigenvalue weighted by Crippen LogP contribution is 2.40. The van der Waals surface area contributed by atoms with Crippen LogP contribution in [0.2, 0.25) is 0 Å². The number of amides is 3. The van der Waals surface area contributed by atoms with E-state index < -0.39 is 0 Å². The lowest BCUT2D eigenvalue weighted by atomic mass is 10.2. The Hall–Kier alpha value is -3.48. The van der Waals surface area contributed by atoms with Crippen molar-refractivity contribution in [3.05, 3.63) is 60.9 Å². The Kier molecular flexibility index (Phi) is 5.12. The number of allylic oxidation sites excluding steroid dienone is 1. The molecule has 148 valence electrons. The topological polar surface area (TPSA) is 91.4 Å². The molecule has 3 amide bonds. The first kappa shape index (κ1) is 18.9. The summed E-state index contributed by atoms with van der Waals surface area (Å²) in [5.41, 5.74) is 2.18. The lowest BCUT2D eigenvalue weighted by Gasteiger charge is -2.16. The molecule has 4 rings (SSSR count). The van der Waals surface area contributed by atoms with Crippen LogP contribution in [0.1, 0.15) is 29.6 Å². The van der Waals surface area contributed by atoms with Gasteiger partial charge in [0.25, 0.3) is 5.91 Å². The first-order chi connectivity index (χ1) is 14.0. The number of carbonyl (C=O) groups excluding carboxylic acids is 3. The van der Waals surface area contributed by atoms with Crippen LogP contribution in [0, 0.1) is 11.8 Å². The normalized spacial score (nSPS) is 20.3. The Morgan fingerprint density at radius 1 is 1.17 bits per heavy atom. The standard InChI is InChI=1S/C22H22N4O3/c1-2-14-10-19(14)22(29)25-17-6-3-5-16(11-17)24-21(28)15-9-18(13-23-12-15)26-8-4-7-20(26)27/h2-3,5-6,9,11-14,19H,1,4,7-8,10H2,(H,24,28)(H,25,29)/t14-,19-/m1/s1. The van der Waals surface area contributed by atoms with Gasteiger partial charge >= 0.3 is 0 Å². The summed E-state index contributed by atoms with van der Waals surface area (Å²) in [4.78, 5) is 42.5. The molecular formula is C22H22N4O3. The zero-order chi connectivity index (χ0) is 20.4. The van der Waals surface area contributed by atoms with Crippen molar-refractivity contribution >= 4 is 34.8 Å². The van der Waals surface area contributed by atoms with Crippen molar-refractivity contribution in [2.75, 3.05) is 22.1 Å². The van der Waals surface area contributed by atoms with E-state index in [2.05, 4.69) is 22.2 Å². The van der Waals surface area contributed by atoms with Gasteiger partial charge in [0.05, 0.1) is 17.4 Å². The fraction of sp³-hybridized carbons (Fsp3) is 0.273. The van der Waals surface area contributed by atoms with E-state index in [1.54, 1.807) is 47.5 Å². The van der Waals surface area contributed by atoms with Crippen molar-refractivity contribution in [1.82, 2.24) is 4.98 Å². The lowest BCUT2D eigenvalue weighted by Crippen LogP contribution is -2.24. The molecule has 2 fully saturated rings. The summed E-state index contributed by atoms with van der Waals surface area (Å²) < 4.78 is 0. The molecule has 1 saturated heterocycles. The number of pyridine rings is 1. The number of hydrogen-bond acceptors (Lipinski definition) is 4. The summed E-state index contributed by atoms with van der Waals surface area (Å²) in [5.74, 6) is -0.0934. The molecule has 0 bridgehead atoms. The van der Waals surface area contributed by atoms with Crippen LogP contribution in [0.25, 0.3) is 0 Å². The van der Waals surface area contributed by atoms with Crippen LogP contribution in [0.4, 0.5) is 17.1 Å². The van der Waals surface area contributed by atoms with E-state index in [4.69, 9.17) is 0 Å². The quantitative estimate of drug-likeness (QED) is 0.741. The summed E-state index contributed by atoms with van der Waals surface area (Å²) in [6.45, 7) is 4.36. The highest BCUT2D eigenvalue weighted by molar-refractivity contribution is 6.06. The smallest absolute Gasteiger partial charge is 0.257 e. The summed E-state index contributed by atoms with van der Waals surface area (Å²) in [6.07, 6.45) is 7.01. The second-order valence-electron chi connectivity index (χ2n) is 7.35. The van der Waals surface area contributed by atoms with Crippen LogP contribution in [0.15, 0.2) is 55.4 Å². The molecular weight excluding hydrogens is 368 g/mol. The predicted octanol–water partition coefficient (Wildman–Crippen LogP) is 3.22. The fourth-order valence-corrected chi connectivity index (χ4v) is 3.51. The third-order valence-electron chi connectivity index (χ3n) is 5.24. The lowest BCUT2D eigenvalue weighted by molar-refractivity contribution is -0.118. The summed E-state index contributed by atoms with van der Waals surface area (Å²) in [7, 11) is 0. The van der Waals surface area contributed by atoms with Crippen LogP contribution < -0.4 is 15.5 Å². The monoisotopic (exact) mass is 390 g/mol. The maximum Gasteiger partial charge on any atom is 0.257 e.